The average molecular weight is 422 g/mol. The van der Waals surface area contributed by atoms with Gasteiger partial charge in [-0.2, -0.15) is 13.2 Å². The molecule has 1 aromatic heterocycles. The van der Waals surface area contributed by atoms with Crippen LogP contribution in [-0.4, -0.2) is 29.4 Å². The maximum Gasteiger partial charge on any atom is 0.471 e. The lowest BCUT2D eigenvalue weighted by Gasteiger charge is -2.46. The molecule has 2 amide bonds. The number of nitrogens with two attached hydrogens (primary N) is 1. The van der Waals surface area contributed by atoms with Crippen molar-refractivity contribution in [2.75, 3.05) is 6.54 Å². The van der Waals surface area contributed by atoms with Crippen LogP contribution in [0.15, 0.2) is 53.1 Å². The summed E-state index contributed by atoms with van der Waals surface area (Å²) < 4.78 is 46.4. The summed E-state index contributed by atoms with van der Waals surface area (Å²) in [5.41, 5.74) is 4.54. The molecule has 8 heteroatoms. The van der Waals surface area contributed by atoms with E-state index in [0.29, 0.717) is 17.7 Å². The summed E-state index contributed by atoms with van der Waals surface area (Å²) in [7, 11) is 0. The van der Waals surface area contributed by atoms with Crippen LogP contribution in [0.25, 0.3) is 0 Å². The highest BCUT2D eigenvalue weighted by Gasteiger charge is 2.58. The van der Waals surface area contributed by atoms with Gasteiger partial charge >= 0.3 is 12.1 Å². The second-order valence-electron chi connectivity index (χ2n) is 7.63. The van der Waals surface area contributed by atoms with E-state index in [9.17, 15) is 22.8 Å². The maximum absolute atomic E-state index is 13.7. The van der Waals surface area contributed by atoms with Gasteiger partial charge in [-0.3, -0.25) is 9.59 Å². The Hall–Kier alpha value is -2.77. The van der Waals surface area contributed by atoms with Crippen LogP contribution in [0, 0.1) is 5.92 Å². The molecular weight excluding hydrogens is 397 g/mol. The minimum absolute atomic E-state index is 0.0208. The number of hydrogen-bond acceptors (Lipinski definition) is 3. The highest BCUT2D eigenvalue weighted by Crippen LogP contribution is 2.45. The standard InChI is InChI=1S/C22H25F3N2O3/c23-22(24,25)20(29)27(14-13-16-8-3-1-4-9-16)21(19(26)28,18-12-7-15-30-18)17-10-5-2-6-11-17/h1,3-4,7-9,12,15,17H,2,5-6,10-11,13-14H2,(H2,26,28). The first-order valence-electron chi connectivity index (χ1n) is 10.0. The molecule has 1 unspecified atom stereocenters. The molecule has 3 rings (SSSR count). The lowest BCUT2D eigenvalue weighted by molar-refractivity contribution is -0.197. The number of carbonyl (C=O) groups excluding carboxylic acids is 2. The number of halogens is 3. The van der Waals surface area contributed by atoms with Crippen molar-refractivity contribution >= 4 is 11.8 Å². The Labute approximate surface area is 173 Å². The zero-order valence-corrected chi connectivity index (χ0v) is 16.5. The summed E-state index contributed by atoms with van der Waals surface area (Å²) in [6.45, 7) is -0.317. The Morgan fingerprint density at radius 3 is 2.23 bits per heavy atom. The summed E-state index contributed by atoms with van der Waals surface area (Å²) in [6, 6.07) is 11.8. The molecule has 2 N–H and O–H groups in total. The van der Waals surface area contributed by atoms with Crippen LogP contribution in [0.3, 0.4) is 0 Å². The van der Waals surface area contributed by atoms with E-state index in [4.69, 9.17) is 10.2 Å². The van der Waals surface area contributed by atoms with Gasteiger partial charge in [0, 0.05) is 6.54 Å². The fourth-order valence-corrected chi connectivity index (χ4v) is 4.50. The van der Waals surface area contributed by atoms with Gasteiger partial charge in [0.25, 0.3) is 5.91 Å². The summed E-state index contributed by atoms with van der Waals surface area (Å²) in [6.07, 6.45) is -0.360. The van der Waals surface area contributed by atoms with Crippen molar-refractivity contribution in [3.63, 3.8) is 0 Å². The number of nitrogens with zero attached hydrogens (tertiary/aromatic N) is 1. The summed E-state index contributed by atoms with van der Waals surface area (Å²) >= 11 is 0. The number of primary amides is 1. The molecule has 0 spiro atoms. The second-order valence-corrected chi connectivity index (χ2v) is 7.63. The van der Waals surface area contributed by atoms with Crippen molar-refractivity contribution in [1.29, 1.82) is 0 Å². The van der Waals surface area contributed by atoms with Crippen molar-refractivity contribution in [1.82, 2.24) is 4.90 Å². The normalized spacial score (nSPS) is 17.3. The van der Waals surface area contributed by atoms with Crippen molar-refractivity contribution in [2.24, 2.45) is 11.7 Å². The molecule has 0 saturated heterocycles. The van der Waals surface area contributed by atoms with E-state index in [1.165, 1.54) is 18.4 Å². The van der Waals surface area contributed by atoms with Crippen LogP contribution < -0.4 is 5.73 Å². The number of hydrogen-bond donors (Lipinski definition) is 1. The van der Waals surface area contributed by atoms with Gasteiger partial charge in [-0.1, -0.05) is 49.6 Å². The first kappa shape index (κ1) is 21.9. The highest BCUT2D eigenvalue weighted by atomic mass is 19.4. The molecule has 162 valence electrons. The van der Waals surface area contributed by atoms with E-state index < -0.39 is 29.4 Å². The van der Waals surface area contributed by atoms with E-state index in [0.717, 1.165) is 24.8 Å². The SMILES string of the molecule is NC(=O)C(c1ccco1)(C1CCCCC1)N(CCc1ccccc1)C(=O)C(F)(F)F. The van der Waals surface area contributed by atoms with Gasteiger partial charge in [0.2, 0.25) is 0 Å². The summed E-state index contributed by atoms with van der Waals surface area (Å²) in [4.78, 5) is 26.1. The molecule has 0 radical (unpaired) electrons. The predicted octanol–water partition coefficient (Wildman–Crippen LogP) is 4.17. The minimum atomic E-state index is -5.15. The highest BCUT2D eigenvalue weighted by molar-refractivity contribution is 5.93. The molecule has 1 aliphatic carbocycles. The van der Waals surface area contributed by atoms with Crippen LogP contribution in [0.5, 0.6) is 0 Å². The van der Waals surface area contributed by atoms with Crippen LogP contribution in [0.2, 0.25) is 0 Å². The van der Waals surface area contributed by atoms with E-state index in [1.54, 1.807) is 30.3 Å². The van der Waals surface area contributed by atoms with Gasteiger partial charge < -0.3 is 15.1 Å². The van der Waals surface area contributed by atoms with Gasteiger partial charge in [0.15, 0.2) is 5.54 Å². The zero-order valence-electron chi connectivity index (χ0n) is 16.5. The van der Waals surface area contributed by atoms with Crippen LogP contribution in [0.4, 0.5) is 13.2 Å². The molecular formula is C22H25F3N2O3. The van der Waals surface area contributed by atoms with Crippen LogP contribution in [-0.2, 0) is 21.5 Å². The van der Waals surface area contributed by atoms with Gasteiger partial charge in [-0.05, 0) is 42.9 Å². The molecule has 2 aromatic rings. The zero-order chi connectivity index (χ0) is 21.8. The molecule has 1 saturated carbocycles. The lowest BCUT2D eigenvalue weighted by Crippen LogP contribution is -2.64. The summed E-state index contributed by atoms with van der Waals surface area (Å²) in [5.74, 6) is -3.67. The fourth-order valence-electron chi connectivity index (χ4n) is 4.50. The van der Waals surface area contributed by atoms with Crippen molar-refractivity contribution in [2.45, 2.75) is 50.2 Å². The molecule has 30 heavy (non-hydrogen) atoms. The van der Waals surface area contributed by atoms with Gasteiger partial charge in [0.05, 0.1) is 6.26 Å². The Kier molecular flexibility index (Phi) is 6.53. The van der Waals surface area contributed by atoms with Crippen molar-refractivity contribution in [3.8, 4) is 0 Å². The maximum atomic E-state index is 13.7. The van der Waals surface area contributed by atoms with E-state index in [2.05, 4.69) is 0 Å². The van der Waals surface area contributed by atoms with Crippen molar-refractivity contribution in [3.05, 3.63) is 60.1 Å². The predicted molar refractivity (Wildman–Crippen MR) is 104 cm³/mol. The van der Waals surface area contributed by atoms with E-state index >= 15 is 0 Å². The van der Waals surface area contributed by atoms with Gasteiger partial charge in [-0.25, -0.2) is 0 Å². The first-order valence-corrected chi connectivity index (χ1v) is 10.0. The molecule has 0 aliphatic heterocycles. The Morgan fingerprint density at radius 2 is 1.70 bits per heavy atom. The largest absolute Gasteiger partial charge is 0.471 e. The second kappa shape index (κ2) is 8.93. The quantitative estimate of drug-likeness (QED) is 0.728. The average Bonchev–Trinajstić information content (AvgIpc) is 3.26. The Balaban J connectivity index is 2.11. The topological polar surface area (TPSA) is 76.5 Å². The van der Waals surface area contributed by atoms with Crippen LogP contribution in [0.1, 0.15) is 43.4 Å². The van der Waals surface area contributed by atoms with Crippen LogP contribution >= 0.6 is 0 Å². The molecule has 1 atom stereocenters. The third-order valence-electron chi connectivity index (χ3n) is 5.85. The Morgan fingerprint density at radius 1 is 1.03 bits per heavy atom. The monoisotopic (exact) mass is 422 g/mol. The lowest BCUT2D eigenvalue weighted by atomic mass is 9.71. The van der Waals surface area contributed by atoms with Crippen molar-refractivity contribution < 1.29 is 27.2 Å². The minimum Gasteiger partial charge on any atom is -0.466 e. The Bertz CT molecular complexity index is 846. The van der Waals surface area contributed by atoms with Gasteiger partial charge in [0.1, 0.15) is 5.76 Å². The molecule has 5 nitrogen and oxygen atoms in total. The fraction of sp³-hybridized carbons (Fsp3) is 0.455. The smallest absolute Gasteiger partial charge is 0.466 e. The first-order chi connectivity index (χ1) is 14.3. The molecule has 0 bridgehead atoms. The number of benzene rings is 1. The number of alkyl halides is 3. The number of amides is 2. The molecule has 1 aliphatic rings. The molecule has 1 aromatic carbocycles. The number of furan rings is 1. The number of carbonyl (C=O) groups is 2. The number of rotatable bonds is 7. The van der Waals surface area contributed by atoms with E-state index in [1.807, 2.05) is 0 Å². The summed E-state index contributed by atoms with van der Waals surface area (Å²) in [5, 5.41) is 0. The molecule has 1 heterocycles. The molecule has 1 fully saturated rings. The van der Waals surface area contributed by atoms with Gasteiger partial charge in [-0.15, -0.1) is 0 Å². The van der Waals surface area contributed by atoms with E-state index in [-0.39, 0.29) is 18.7 Å². The third-order valence-corrected chi connectivity index (χ3v) is 5.85. The third kappa shape index (κ3) is 4.22.